The Morgan fingerprint density at radius 3 is 2.54 bits per heavy atom. The molecular formula is C18H19F3N4OS2. The molecule has 28 heavy (non-hydrogen) atoms. The van der Waals surface area contributed by atoms with Gasteiger partial charge < -0.3 is 15.8 Å². The summed E-state index contributed by atoms with van der Waals surface area (Å²) in [4.78, 5) is 8.51. The Kier molecular flexibility index (Phi) is 6.40. The fourth-order valence-electron chi connectivity index (χ4n) is 2.47. The quantitative estimate of drug-likeness (QED) is 0.419. The van der Waals surface area contributed by atoms with Gasteiger partial charge in [-0.2, -0.15) is 13.2 Å². The van der Waals surface area contributed by atoms with E-state index in [-0.39, 0.29) is 18.0 Å². The third-order valence-corrected chi connectivity index (χ3v) is 5.26. The summed E-state index contributed by atoms with van der Waals surface area (Å²) >= 11 is 2.57. The summed E-state index contributed by atoms with van der Waals surface area (Å²) in [7, 11) is 0. The predicted octanol–water partition coefficient (Wildman–Crippen LogP) is 6.18. The topological polar surface area (TPSA) is 73.1 Å². The van der Waals surface area contributed by atoms with Crippen molar-refractivity contribution < 1.29 is 17.9 Å². The zero-order valence-corrected chi connectivity index (χ0v) is 16.7. The second kappa shape index (κ2) is 8.78. The molecule has 0 atom stereocenters. The van der Waals surface area contributed by atoms with Crippen molar-refractivity contribution in [2.45, 2.75) is 32.4 Å². The summed E-state index contributed by atoms with van der Waals surface area (Å²) in [6.45, 7) is 2.28. The van der Waals surface area contributed by atoms with Gasteiger partial charge in [-0.25, -0.2) is 9.97 Å². The first kappa shape index (κ1) is 20.4. The van der Waals surface area contributed by atoms with Crippen molar-refractivity contribution in [1.29, 1.82) is 0 Å². The minimum absolute atomic E-state index is 0.160. The zero-order valence-electron chi connectivity index (χ0n) is 15.0. The maximum absolute atomic E-state index is 13.4. The smallest absolute Gasteiger partial charge is 0.420 e. The van der Waals surface area contributed by atoms with Crippen molar-refractivity contribution >= 4 is 38.6 Å². The van der Waals surface area contributed by atoms with Crippen LogP contribution in [0.25, 0.3) is 11.4 Å². The van der Waals surface area contributed by atoms with Gasteiger partial charge in [-0.1, -0.05) is 19.8 Å². The summed E-state index contributed by atoms with van der Waals surface area (Å²) in [6, 6.07) is 3.93. The highest BCUT2D eigenvalue weighted by atomic mass is 32.1. The van der Waals surface area contributed by atoms with E-state index in [2.05, 4.69) is 15.3 Å². The molecule has 0 saturated heterocycles. The van der Waals surface area contributed by atoms with E-state index in [1.807, 2.05) is 6.92 Å². The Balaban J connectivity index is 1.76. The van der Waals surface area contributed by atoms with E-state index in [1.165, 1.54) is 28.7 Å². The van der Waals surface area contributed by atoms with E-state index in [1.54, 1.807) is 16.8 Å². The van der Waals surface area contributed by atoms with Gasteiger partial charge in [0.25, 0.3) is 0 Å². The highest BCUT2D eigenvalue weighted by Crippen LogP contribution is 2.39. The molecule has 3 rings (SSSR count). The maximum atomic E-state index is 13.4. The molecule has 1 aromatic carbocycles. The van der Waals surface area contributed by atoms with Crippen LogP contribution in [0.1, 0.15) is 31.7 Å². The third-order valence-electron chi connectivity index (χ3n) is 3.83. The number of thiazole rings is 2. The lowest BCUT2D eigenvalue weighted by Gasteiger charge is -2.15. The molecule has 150 valence electrons. The molecule has 3 N–H and O–H groups in total. The number of nitrogens with zero attached hydrogens (tertiary/aromatic N) is 2. The van der Waals surface area contributed by atoms with Crippen molar-refractivity contribution in [3.05, 3.63) is 34.5 Å². The van der Waals surface area contributed by atoms with E-state index in [0.717, 1.165) is 25.3 Å². The second-order valence-corrected chi connectivity index (χ2v) is 7.75. The van der Waals surface area contributed by atoms with Gasteiger partial charge in [-0.05, 0) is 24.6 Å². The maximum Gasteiger partial charge on any atom is 0.420 e. The lowest BCUT2D eigenvalue weighted by Crippen LogP contribution is -2.10. The van der Waals surface area contributed by atoms with Crippen molar-refractivity contribution in [3.63, 3.8) is 0 Å². The fourth-order valence-corrected chi connectivity index (χ4v) is 3.75. The molecule has 0 bridgehead atoms. The van der Waals surface area contributed by atoms with Crippen LogP contribution in [0.3, 0.4) is 0 Å². The lowest BCUT2D eigenvalue weighted by atomic mass is 10.1. The Hall–Kier alpha value is -2.33. The summed E-state index contributed by atoms with van der Waals surface area (Å²) in [5, 5.41) is 7.36. The molecule has 2 aromatic heterocycles. The van der Waals surface area contributed by atoms with E-state index in [9.17, 15) is 13.2 Å². The van der Waals surface area contributed by atoms with Crippen molar-refractivity contribution in [2.75, 3.05) is 17.7 Å². The minimum Gasteiger partial charge on any atom is -0.493 e. The number of aromatic nitrogens is 2. The normalized spacial score (nSPS) is 11.6. The van der Waals surface area contributed by atoms with E-state index < -0.39 is 11.7 Å². The van der Waals surface area contributed by atoms with Crippen LogP contribution in [-0.2, 0) is 6.18 Å². The summed E-state index contributed by atoms with van der Waals surface area (Å²) in [6.07, 6.45) is -1.90. The van der Waals surface area contributed by atoms with Gasteiger partial charge in [0.05, 0.1) is 12.2 Å². The largest absolute Gasteiger partial charge is 0.493 e. The first-order chi connectivity index (χ1) is 13.4. The highest BCUT2D eigenvalue weighted by molar-refractivity contribution is 7.14. The van der Waals surface area contributed by atoms with E-state index in [0.29, 0.717) is 21.7 Å². The average Bonchev–Trinajstić information content (AvgIpc) is 3.27. The number of ether oxygens (including phenoxy) is 1. The van der Waals surface area contributed by atoms with E-state index >= 15 is 0 Å². The standard InChI is InChI=1S/C18H19F3N4OS2/c1-2-3-4-7-26-15-6-5-11(8-12(15)18(19,20)21)23-17-25-14(10-28-17)13-9-27-16(22)24-13/h5-6,8-10H,2-4,7H2,1H3,(H2,22,24)(H,23,25). The molecule has 0 amide bonds. The Labute approximate surface area is 168 Å². The number of nitrogens with two attached hydrogens (primary N) is 1. The number of hydrogen-bond acceptors (Lipinski definition) is 7. The van der Waals surface area contributed by atoms with Gasteiger partial charge in [0, 0.05) is 16.4 Å². The zero-order chi connectivity index (χ0) is 20.1. The average molecular weight is 429 g/mol. The fraction of sp³-hybridized carbons (Fsp3) is 0.333. The molecule has 3 aromatic rings. The first-order valence-electron chi connectivity index (χ1n) is 8.64. The van der Waals surface area contributed by atoms with Crippen molar-refractivity contribution in [3.8, 4) is 17.1 Å². The lowest BCUT2D eigenvalue weighted by molar-refractivity contribution is -0.138. The Morgan fingerprint density at radius 2 is 1.86 bits per heavy atom. The molecule has 0 unspecified atom stereocenters. The first-order valence-corrected chi connectivity index (χ1v) is 10.4. The Morgan fingerprint density at radius 1 is 1.11 bits per heavy atom. The van der Waals surface area contributed by atoms with Gasteiger partial charge >= 0.3 is 6.18 Å². The molecule has 0 aliphatic rings. The number of nitrogen functional groups attached to an aromatic ring is 1. The van der Waals surface area contributed by atoms with Crippen molar-refractivity contribution in [2.24, 2.45) is 0 Å². The summed E-state index contributed by atoms with van der Waals surface area (Å²) in [5.41, 5.74) is 6.35. The number of nitrogens with one attached hydrogen (secondary N) is 1. The van der Waals surface area contributed by atoms with Crippen LogP contribution >= 0.6 is 22.7 Å². The predicted molar refractivity (Wildman–Crippen MR) is 107 cm³/mol. The summed E-state index contributed by atoms with van der Waals surface area (Å²) in [5.74, 6) is -0.160. The number of unbranched alkanes of at least 4 members (excludes halogenated alkanes) is 2. The number of anilines is 3. The van der Waals surface area contributed by atoms with Gasteiger partial charge in [-0.3, -0.25) is 0 Å². The monoisotopic (exact) mass is 428 g/mol. The van der Waals surface area contributed by atoms with Gasteiger partial charge in [-0.15, -0.1) is 22.7 Å². The molecule has 0 saturated carbocycles. The van der Waals surface area contributed by atoms with Crippen LogP contribution in [0.4, 0.5) is 29.1 Å². The number of hydrogen-bond donors (Lipinski definition) is 2. The third kappa shape index (κ3) is 5.14. The van der Waals surface area contributed by atoms with Gasteiger partial charge in [0.1, 0.15) is 17.1 Å². The molecule has 5 nitrogen and oxygen atoms in total. The van der Waals surface area contributed by atoms with Crippen LogP contribution in [0.15, 0.2) is 29.0 Å². The Bertz CT molecular complexity index is 924. The number of benzene rings is 1. The number of halogens is 3. The molecular weight excluding hydrogens is 409 g/mol. The van der Waals surface area contributed by atoms with Crippen LogP contribution < -0.4 is 15.8 Å². The molecule has 0 aliphatic heterocycles. The van der Waals surface area contributed by atoms with E-state index in [4.69, 9.17) is 10.5 Å². The SMILES string of the molecule is CCCCCOc1ccc(Nc2nc(-c3csc(N)n3)cs2)cc1C(F)(F)F. The molecule has 0 aliphatic carbocycles. The molecule has 10 heteroatoms. The highest BCUT2D eigenvalue weighted by Gasteiger charge is 2.34. The second-order valence-electron chi connectivity index (χ2n) is 6.00. The van der Waals surface area contributed by atoms with Crippen LogP contribution in [0, 0.1) is 0 Å². The van der Waals surface area contributed by atoms with Crippen LogP contribution in [0.2, 0.25) is 0 Å². The van der Waals surface area contributed by atoms with Crippen LogP contribution in [0.5, 0.6) is 5.75 Å². The number of alkyl halides is 3. The number of rotatable bonds is 8. The molecule has 0 radical (unpaired) electrons. The minimum atomic E-state index is -4.51. The van der Waals surface area contributed by atoms with Crippen LogP contribution in [-0.4, -0.2) is 16.6 Å². The van der Waals surface area contributed by atoms with Crippen molar-refractivity contribution in [1.82, 2.24) is 9.97 Å². The van der Waals surface area contributed by atoms with Gasteiger partial charge in [0.15, 0.2) is 10.3 Å². The molecule has 0 spiro atoms. The molecule has 2 heterocycles. The van der Waals surface area contributed by atoms with Gasteiger partial charge in [0.2, 0.25) is 0 Å². The summed E-state index contributed by atoms with van der Waals surface area (Å²) < 4.78 is 45.6. The molecule has 0 fully saturated rings.